The summed E-state index contributed by atoms with van der Waals surface area (Å²) < 4.78 is 34.5. The molecule has 1 aliphatic heterocycles. The molecule has 9 nitrogen and oxygen atoms in total. The second-order valence-corrected chi connectivity index (χ2v) is 11.8. The molecule has 40 heavy (non-hydrogen) atoms. The lowest BCUT2D eigenvalue weighted by Gasteiger charge is -2.35. The number of anilines is 2. The van der Waals surface area contributed by atoms with E-state index < -0.39 is 14.9 Å². The number of nitrogens with one attached hydrogen (secondary N) is 1. The minimum Gasteiger partial charge on any atom is -0.456 e. The van der Waals surface area contributed by atoms with E-state index in [0.29, 0.717) is 37.4 Å². The van der Waals surface area contributed by atoms with Crippen molar-refractivity contribution in [2.75, 3.05) is 36.4 Å². The Kier molecular flexibility index (Phi) is 6.65. The molecule has 0 radical (unpaired) electrons. The number of para-hydroxylation sites is 1. The van der Waals surface area contributed by atoms with Crippen molar-refractivity contribution in [1.29, 1.82) is 0 Å². The fraction of sp³-hybridized carbons (Fsp3) is 0.200. The minimum atomic E-state index is -3.71. The van der Waals surface area contributed by atoms with Crippen LogP contribution in [-0.4, -0.2) is 43.8 Å². The van der Waals surface area contributed by atoms with E-state index in [1.807, 2.05) is 61.5 Å². The lowest BCUT2D eigenvalue weighted by molar-refractivity contribution is -0.384. The van der Waals surface area contributed by atoms with Gasteiger partial charge < -0.3 is 14.6 Å². The fourth-order valence-electron chi connectivity index (χ4n) is 5.26. The summed E-state index contributed by atoms with van der Waals surface area (Å²) in [5, 5.41) is 16.7. The van der Waals surface area contributed by atoms with Crippen LogP contribution >= 0.6 is 0 Å². The van der Waals surface area contributed by atoms with Gasteiger partial charge in [-0.2, -0.15) is 4.31 Å². The van der Waals surface area contributed by atoms with E-state index >= 15 is 0 Å². The molecule has 1 N–H and O–H groups in total. The van der Waals surface area contributed by atoms with Crippen molar-refractivity contribution < 1.29 is 17.8 Å². The summed E-state index contributed by atoms with van der Waals surface area (Å²) in [7, 11) is -3.71. The minimum absolute atomic E-state index is 0.00472. The third-order valence-corrected chi connectivity index (χ3v) is 9.33. The number of hydrogen-bond acceptors (Lipinski definition) is 7. The van der Waals surface area contributed by atoms with Crippen LogP contribution < -0.4 is 10.2 Å². The van der Waals surface area contributed by atoms with E-state index in [-0.39, 0.29) is 16.6 Å². The van der Waals surface area contributed by atoms with Gasteiger partial charge in [0.15, 0.2) is 0 Å². The SMILES string of the molecule is C[C@H](Nc1cc(N2CCN(S(=O)(=O)c3ccc4oc5ccccc5c4c3)CC2)ccc1[N+](=O)[O-])c1ccccc1. The Morgan fingerprint density at radius 1 is 0.850 bits per heavy atom. The third kappa shape index (κ3) is 4.76. The van der Waals surface area contributed by atoms with Crippen molar-refractivity contribution in [2.45, 2.75) is 17.9 Å². The Balaban J connectivity index is 1.20. The number of rotatable bonds is 7. The summed E-state index contributed by atoms with van der Waals surface area (Å²) in [6, 6.07) is 27.2. The molecule has 1 fully saturated rings. The van der Waals surface area contributed by atoms with Gasteiger partial charge in [0.1, 0.15) is 16.9 Å². The Labute approximate surface area is 231 Å². The second-order valence-electron chi connectivity index (χ2n) is 9.88. The van der Waals surface area contributed by atoms with Crippen molar-refractivity contribution in [3.8, 4) is 0 Å². The van der Waals surface area contributed by atoms with E-state index in [0.717, 1.165) is 27.6 Å². The van der Waals surface area contributed by atoms with Gasteiger partial charge in [0.25, 0.3) is 5.69 Å². The van der Waals surface area contributed by atoms with Crippen LogP contribution in [0.4, 0.5) is 17.1 Å². The predicted octanol–water partition coefficient (Wildman–Crippen LogP) is 6.18. The molecule has 0 aliphatic carbocycles. The van der Waals surface area contributed by atoms with Crippen LogP contribution in [0.25, 0.3) is 21.9 Å². The van der Waals surface area contributed by atoms with Crippen molar-refractivity contribution in [3.63, 3.8) is 0 Å². The molecule has 2 heterocycles. The monoisotopic (exact) mass is 556 g/mol. The van der Waals surface area contributed by atoms with E-state index in [2.05, 4.69) is 10.2 Å². The quantitative estimate of drug-likeness (QED) is 0.188. The van der Waals surface area contributed by atoms with E-state index in [9.17, 15) is 18.5 Å². The van der Waals surface area contributed by atoms with Crippen molar-refractivity contribution in [2.24, 2.45) is 0 Å². The highest BCUT2D eigenvalue weighted by atomic mass is 32.2. The highest BCUT2D eigenvalue weighted by Gasteiger charge is 2.30. The molecule has 1 saturated heterocycles. The van der Waals surface area contributed by atoms with Gasteiger partial charge in [0.2, 0.25) is 10.0 Å². The van der Waals surface area contributed by atoms with Crippen LogP contribution in [-0.2, 0) is 10.0 Å². The van der Waals surface area contributed by atoms with Crippen LogP contribution in [0.3, 0.4) is 0 Å². The topological polar surface area (TPSA) is 109 Å². The number of furan rings is 1. The standard InChI is InChI=1S/C30H28N4O5S/c1-21(22-7-3-2-4-8-22)31-27-19-23(11-13-28(27)34(35)36)32-15-17-33(18-16-32)40(37,38)24-12-14-30-26(20-24)25-9-5-6-10-29(25)39-30/h2-14,19-21,31H,15-18H2,1H3/t21-/m0/s1. The molecule has 1 aromatic heterocycles. The van der Waals surface area contributed by atoms with Gasteiger partial charge in [-0.15, -0.1) is 0 Å². The molecule has 0 amide bonds. The summed E-state index contributed by atoms with van der Waals surface area (Å²) in [4.78, 5) is 13.6. The summed E-state index contributed by atoms with van der Waals surface area (Å²) in [6.45, 7) is 3.47. The number of nitro groups is 1. The van der Waals surface area contributed by atoms with Gasteiger partial charge in [-0.3, -0.25) is 10.1 Å². The number of nitrogens with zero attached hydrogens (tertiary/aromatic N) is 3. The zero-order chi connectivity index (χ0) is 27.9. The average molecular weight is 557 g/mol. The first-order chi connectivity index (χ1) is 19.3. The summed E-state index contributed by atoms with van der Waals surface area (Å²) in [5.41, 5.74) is 3.61. The van der Waals surface area contributed by atoms with Crippen LogP contribution in [0.2, 0.25) is 0 Å². The van der Waals surface area contributed by atoms with Crippen molar-refractivity contribution in [1.82, 2.24) is 4.31 Å². The smallest absolute Gasteiger partial charge is 0.292 e. The Morgan fingerprint density at radius 2 is 1.55 bits per heavy atom. The third-order valence-electron chi connectivity index (χ3n) is 7.44. The largest absolute Gasteiger partial charge is 0.456 e. The van der Waals surface area contributed by atoms with Crippen LogP contribution in [0, 0.1) is 10.1 Å². The van der Waals surface area contributed by atoms with Gasteiger partial charge in [0, 0.05) is 54.7 Å². The number of hydrogen-bond donors (Lipinski definition) is 1. The van der Waals surface area contributed by atoms with Gasteiger partial charge in [-0.1, -0.05) is 48.5 Å². The van der Waals surface area contributed by atoms with Crippen molar-refractivity contribution >= 4 is 49.0 Å². The molecule has 5 aromatic rings. The zero-order valence-electron chi connectivity index (χ0n) is 21.9. The molecular formula is C30H28N4O5S. The Hall–Kier alpha value is -4.41. The van der Waals surface area contributed by atoms with Gasteiger partial charge in [-0.25, -0.2) is 8.42 Å². The highest BCUT2D eigenvalue weighted by Crippen LogP contribution is 2.34. The Morgan fingerprint density at radius 3 is 2.30 bits per heavy atom. The van der Waals surface area contributed by atoms with Crippen molar-refractivity contribution in [3.05, 3.63) is 107 Å². The van der Waals surface area contributed by atoms with Crippen LogP contribution in [0.1, 0.15) is 18.5 Å². The molecule has 6 rings (SSSR count). The molecule has 1 aliphatic rings. The molecule has 0 spiro atoms. The number of fused-ring (bicyclic) bond motifs is 3. The number of benzene rings is 4. The summed E-state index contributed by atoms with van der Waals surface area (Å²) in [6.07, 6.45) is 0. The average Bonchev–Trinajstić information content (AvgIpc) is 3.35. The molecule has 204 valence electrons. The van der Waals surface area contributed by atoms with Gasteiger partial charge in [-0.05, 0) is 48.9 Å². The second kappa shape index (κ2) is 10.3. The highest BCUT2D eigenvalue weighted by molar-refractivity contribution is 7.89. The fourth-order valence-corrected chi connectivity index (χ4v) is 6.70. The molecule has 1 atom stereocenters. The summed E-state index contributed by atoms with van der Waals surface area (Å²) in [5.74, 6) is 0. The molecule has 0 saturated carbocycles. The lowest BCUT2D eigenvalue weighted by Crippen LogP contribution is -2.48. The number of nitro benzene ring substituents is 1. The first-order valence-corrected chi connectivity index (χ1v) is 14.5. The molecule has 0 unspecified atom stereocenters. The first kappa shape index (κ1) is 25.8. The van der Waals surface area contributed by atoms with Gasteiger partial charge in [0.05, 0.1) is 9.82 Å². The maximum atomic E-state index is 13.6. The lowest BCUT2D eigenvalue weighted by atomic mass is 10.1. The maximum absolute atomic E-state index is 13.6. The van der Waals surface area contributed by atoms with Crippen LogP contribution in [0.5, 0.6) is 0 Å². The molecular weight excluding hydrogens is 528 g/mol. The predicted molar refractivity (Wildman–Crippen MR) is 156 cm³/mol. The maximum Gasteiger partial charge on any atom is 0.292 e. The zero-order valence-corrected chi connectivity index (χ0v) is 22.7. The normalized spacial score (nSPS) is 15.4. The summed E-state index contributed by atoms with van der Waals surface area (Å²) >= 11 is 0. The van der Waals surface area contributed by atoms with E-state index in [1.54, 1.807) is 30.3 Å². The Bertz CT molecular complexity index is 1810. The molecule has 0 bridgehead atoms. The molecule has 4 aromatic carbocycles. The van der Waals surface area contributed by atoms with E-state index in [4.69, 9.17) is 4.42 Å². The van der Waals surface area contributed by atoms with E-state index in [1.165, 1.54) is 10.4 Å². The molecule has 10 heteroatoms. The number of sulfonamides is 1. The van der Waals surface area contributed by atoms with Gasteiger partial charge >= 0.3 is 0 Å². The van der Waals surface area contributed by atoms with Crippen LogP contribution in [0.15, 0.2) is 100 Å². The first-order valence-electron chi connectivity index (χ1n) is 13.1. The number of piperazine rings is 1.